The molecule has 3 aromatic rings. The zero-order valence-corrected chi connectivity index (χ0v) is 19.2. The van der Waals surface area contributed by atoms with Gasteiger partial charge in [-0.25, -0.2) is 9.78 Å². The number of nitrogens with one attached hydrogen (secondary N) is 2. The molecule has 3 aliphatic heterocycles. The number of morpholine rings is 1. The van der Waals surface area contributed by atoms with Crippen molar-refractivity contribution in [1.29, 1.82) is 0 Å². The lowest BCUT2D eigenvalue weighted by molar-refractivity contribution is 0.0421. The second-order valence-electron chi connectivity index (χ2n) is 9.50. The number of hydrogen-bond acceptors (Lipinski definition) is 4. The maximum Gasteiger partial charge on any atom is 0.320 e. The van der Waals surface area contributed by atoms with Crippen molar-refractivity contribution in [3.05, 3.63) is 52.8 Å². The topological polar surface area (TPSA) is 73.5 Å². The number of carbonyl (C=O) groups is 1. The fourth-order valence-corrected chi connectivity index (χ4v) is 5.54. The first kappa shape index (κ1) is 20.7. The summed E-state index contributed by atoms with van der Waals surface area (Å²) in [4.78, 5) is 25.1. The van der Waals surface area contributed by atoms with Gasteiger partial charge in [0.05, 0.1) is 13.2 Å². The van der Waals surface area contributed by atoms with E-state index in [0.29, 0.717) is 38.9 Å². The molecule has 2 fully saturated rings. The van der Waals surface area contributed by atoms with E-state index in [1.165, 1.54) is 39.6 Å². The number of nitrogens with zero attached hydrogens (tertiary/aromatic N) is 3. The van der Waals surface area contributed by atoms with E-state index in [9.17, 15) is 4.79 Å². The van der Waals surface area contributed by atoms with Gasteiger partial charge in [0.2, 0.25) is 0 Å². The van der Waals surface area contributed by atoms with Crippen molar-refractivity contribution in [1.82, 2.24) is 25.1 Å². The van der Waals surface area contributed by atoms with E-state index in [4.69, 9.17) is 4.74 Å². The number of rotatable bonds is 2. The molecule has 0 unspecified atom stereocenters. The average Bonchev–Trinajstić information content (AvgIpc) is 3.53. The molecule has 0 aliphatic carbocycles. The van der Waals surface area contributed by atoms with Gasteiger partial charge in [0, 0.05) is 55.6 Å². The van der Waals surface area contributed by atoms with Gasteiger partial charge in [0.25, 0.3) is 0 Å². The summed E-state index contributed by atoms with van der Waals surface area (Å²) < 4.78 is 5.44. The first-order valence-corrected chi connectivity index (χ1v) is 12.1. The highest BCUT2D eigenvalue weighted by atomic mass is 16.5. The number of H-pyrrole nitrogens is 1. The normalized spacial score (nSPS) is 20.9. The fraction of sp³-hybridized carbons (Fsp3) is 0.462. The number of urea groups is 1. The maximum atomic E-state index is 13.2. The van der Waals surface area contributed by atoms with Gasteiger partial charge >= 0.3 is 6.03 Å². The second kappa shape index (κ2) is 8.47. The van der Waals surface area contributed by atoms with E-state index in [2.05, 4.69) is 40.4 Å². The summed E-state index contributed by atoms with van der Waals surface area (Å²) >= 11 is 0. The van der Waals surface area contributed by atoms with Crippen LogP contribution in [-0.2, 0) is 17.7 Å². The molecule has 7 nitrogen and oxygen atoms in total. The standard InChI is InChI=1S/C26H31N5O2/c1-17-14-28-25-21(17)13-20(15-29-25)19-11-18-4-6-31(26(32)30-7-9-33-10-8-30)16-23(18)22(12-19)24-3-2-5-27-24/h11-15,24,27H,2-10,16H2,1H3,(H,28,29)/t24-/m0/s1. The van der Waals surface area contributed by atoms with Crippen molar-refractivity contribution >= 4 is 17.1 Å². The molecule has 5 heterocycles. The zero-order valence-electron chi connectivity index (χ0n) is 19.2. The van der Waals surface area contributed by atoms with Crippen LogP contribution in [0.5, 0.6) is 0 Å². The minimum atomic E-state index is 0.149. The third-order valence-electron chi connectivity index (χ3n) is 7.44. The minimum absolute atomic E-state index is 0.149. The third-order valence-corrected chi connectivity index (χ3v) is 7.44. The number of fused-ring (bicyclic) bond motifs is 2. The van der Waals surface area contributed by atoms with E-state index >= 15 is 0 Å². The summed E-state index contributed by atoms with van der Waals surface area (Å²) in [6.07, 6.45) is 7.21. The summed E-state index contributed by atoms with van der Waals surface area (Å²) in [5.41, 5.74) is 8.58. The van der Waals surface area contributed by atoms with Gasteiger partial charge in [-0.1, -0.05) is 6.07 Å². The molecule has 2 amide bonds. The highest BCUT2D eigenvalue weighted by Gasteiger charge is 2.30. The number of benzene rings is 1. The Hall–Kier alpha value is -2.90. The molecule has 0 spiro atoms. The molecule has 0 radical (unpaired) electrons. The van der Waals surface area contributed by atoms with Gasteiger partial charge in [-0.3, -0.25) is 0 Å². The van der Waals surface area contributed by atoms with Crippen molar-refractivity contribution < 1.29 is 9.53 Å². The van der Waals surface area contributed by atoms with E-state index in [1.54, 1.807) is 0 Å². The van der Waals surface area contributed by atoms with E-state index in [0.717, 1.165) is 37.1 Å². The quantitative estimate of drug-likeness (QED) is 0.630. The van der Waals surface area contributed by atoms with Crippen LogP contribution in [-0.4, -0.2) is 65.2 Å². The fourth-order valence-electron chi connectivity index (χ4n) is 5.54. The third kappa shape index (κ3) is 3.79. The van der Waals surface area contributed by atoms with E-state index in [-0.39, 0.29) is 6.03 Å². The van der Waals surface area contributed by atoms with Crippen molar-refractivity contribution in [2.24, 2.45) is 0 Å². The lowest BCUT2D eigenvalue weighted by Crippen LogP contribution is -2.49. The number of ether oxygens (including phenoxy) is 1. The van der Waals surface area contributed by atoms with Crippen molar-refractivity contribution in [3.63, 3.8) is 0 Å². The molecule has 0 bridgehead atoms. The molecule has 2 N–H and O–H groups in total. The molecular weight excluding hydrogens is 414 g/mol. The highest BCUT2D eigenvalue weighted by Crippen LogP contribution is 2.36. The number of amides is 2. The molecule has 3 aliphatic rings. The lowest BCUT2D eigenvalue weighted by Gasteiger charge is -2.37. The van der Waals surface area contributed by atoms with Gasteiger partial charge < -0.3 is 24.8 Å². The van der Waals surface area contributed by atoms with Crippen LogP contribution in [0.1, 0.15) is 41.1 Å². The number of hydrogen-bond donors (Lipinski definition) is 2. The molecule has 33 heavy (non-hydrogen) atoms. The number of aromatic nitrogens is 2. The Kier molecular flexibility index (Phi) is 5.31. The van der Waals surface area contributed by atoms with Crippen LogP contribution >= 0.6 is 0 Å². The molecule has 1 atom stereocenters. The number of carbonyl (C=O) groups excluding carboxylic acids is 1. The van der Waals surface area contributed by atoms with Crippen LogP contribution < -0.4 is 5.32 Å². The van der Waals surface area contributed by atoms with Crippen LogP contribution in [0.4, 0.5) is 4.79 Å². The van der Waals surface area contributed by atoms with Crippen molar-refractivity contribution in [3.8, 4) is 11.1 Å². The molecule has 2 saturated heterocycles. The number of pyridine rings is 1. The Morgan fingerprint density at radius 3 is 2.82 bits per heavy atom. The summed E-state index contributed by atoms with van der Waals surface area (Å²) in [5, 5.41) is 4.87. The van der Waals surface area contributed by atoms with Gasteiger partial charge in [0.15, 0.2) is 0 Å². The summed E-state index contributed by atoms with van der Waals surface area (Å²) in [7, 11) is 0. The Bertz CT molecular complexity index is 1190. The SMILES string of the molecule is Cc1c[nH]c2ncc(-c3cc4c(c([C@@H]5CCCN5)c3)CN(C(=O)N3CCOCC3)CC4)cc12. The minimum Gasteiger partial charge on any atom is -0.378 e. The van der Waals surface area contributed by atoms with Crippen molar-refractivity contribution in [2.45, 2.75) is 38.8 Å². The second-order valence-corrected chi connectivity index (χ2v) is 9.50. The Balaban J connectivity index is 1.37. The maximum absolute atomic E-state index is 13.2. The number of aryl methyl sites for hydroxylation is 1. The van der Waals surface area contributed by atoms with Gasteiger partial charge in [0.1, 0.15) is 5.65 Å². The smallest absolute Gasteiger partial charge is 0.320 e. The predicted molar refractivity (Wildman–Crippen MR) is 128 cm³/mol. The predicted octanol–water partition coefficient (Wildman–Crippen LogP) is 3.77. The highest BCUT2D eigenvalue weighted by molar-refractivity contribution is 5.84. The molecule has 7 heteroatoms. The van der Waals surface area contributed by atoms with Gasteiger partial charge in [-0.15, -0.1) is 0 Å². The first-order valence-electron chi connectivity index (χ1n) is 12.1. The van der Waals surface area contributed by atoms with Crippen LogP contribution in [0.25, 0.3) is 22.2 Å². The summed E-state index contributed by atoms with van der Waals surface area (Å²) in [5.74, 6) is 0. The van der Waals surface area contributed by atoms with Crippen LogP contribution in [0.3, 0.4) is 0 Å². The molecule has 6 rings (SSSR count). The van der Waals surface area contributed by atoms with Gasteiger partial charge in [-0.05, 0) is 72.7 Å². The molecule has 1 aromatic carbocycles. The molecular formula is C26H31N5O2. The monoisotopic (exact) mass is 445 g/mol. The summed E-state index contributed by atoms with van der Waals surface area (Å²) in [6.45, 7) is 7.26. The Labute approximate surface area is 194 Å². The Morgan fingerprint density at radius 1 is 1.12 bits per heavy atom. The average molecular weight is 446 g/mol. The zero-order chi connectivity index (χ0) is 22.4. The van der Waals surface area contributed by atoms with E-state index in [1.807, 2.05) is 22.2 Å². The van der Waals surface area contributed by atoms with Crippen LogP contribution in [0.15, 0.2) is 30.6 Å². The summed E-state index contributed by atoms with van der Waals surface area (Å²) in [6, 6.07) is 7.42. The molecule has 0 saturated carbocycles. The van der Waals surface area contributed by atoms with Crippen LogP contribution in [0, 0.1) is 6.92 Å². The number of aromatic amines is 1. The molecule has 172 valence electrons. The lowest BCUT2D eigenvalue weighted by atomic mass is 9.87. The molecule has 2 aromatic heterocycles. The van der Waals surface area contributed by atoms with Gasteiger partial charge in [-0.2, -0.15) is 0 Å². The largest absolute Gasteiger partial charge is 0.378 e. The van der Waals surface area contributed by atoms with E-state index < -0.39 is 0 Å². The van der Waals surface area contributed by atoms with Crippen LogP contribution in [0.2, 0.25) is 0 Å². The Morgan fingerprint density at radius 2 is 2.00 bits per heavy atom. The van der Waals surface area contributed by atoms with Crippen molar-refractivity contribution in [2.75, 3.05) is 39.4 Å². The first-order chi connectivity index (χ1) is 16.2.